The summed E-state index contributed by atoms with van der Waals surface area (Å²) in [4.78, 5) is 16.5. The highest BCUT2D eigenvalue weighted by Crippen LogP contribution is 2.31. The number of amides is 1. The summed E-state index contributed by atoms with van der Waals surface area (Å²) in [5.74, 6) is 0.449. The van der Waals surface area contributed by atoms with Gasteiger partial charge in [0.2, 0.25) is 0 Å². The molecule has 6 heteroatoms. The van der Waals surface area contributed by atoms with Crippen LogP contribution in [-0.2, 0) is 0 Å². The molecular formula is C16H20ClN3OS. The van der Waals surface area contributed by atoms with Gasteiger partial charge in [-0.25, -0.2) is 4.98 Å². The third kappa shape index (κ3) is 3.85. The van der Waals surface area contributed by atoms with Gasteiger partial charge in [-0.15, -0.1) is 23.7 Å². The number of hydrogen-bond acceptors (Lipinski definition) is 4. The van der Waals surface area contributed by atoms with Crippen molar-refractivity contribution in [3.8, 4) is 10.6 Å². The standard InChI is InChI=1S/C16H19N3OS.ClH/c1-10-4-2-3-5-12(10)16-19-14(9-21-16)15(20)18-8-13(17)11-6-7-11;/h2-5,9,11,13H,6-8,17H2,1H3,(H,18,20);1H. The number of nitrogens with one attached hydrogen (secondary N) is 1. The van der Waals surface area contributed by atoms with Gasteiger partial charge >= 0.3 is 0 Å². The van der Waals surface area contributed by atoms with Crippen LogP contribution in [0.25, 0.3) is 10.6 Å². The minimum Gasteiger partial charge on any atom is -0.349 e. The van der Waals surface area contributed by atoms with Gasteiger partial charge in [-0.1, -0.05) is 24.3 Å². The fourth-order valence-electron chi connectivity index (χ4n) is 2.31. The Hall–Kier alpha value is -1.43. The maximum atomic E-state index is 12.1. The van der Waals surface area contributed by atoms with Gasteiger partial charge < -0.3 is 11.1 Å². The molecule has 1 fully saturated rings. The lowest BCUT2D eigenvalue weighted by molar-refractivity contribution is 0.0946. The molecule has 118 valence electrons. The van der Waals surface area contributed by atoms with Gasteiger partial charge in [0.15, 0.2) is 0 Å². The van der Waals surface area contributed by atoms with E-state index >= 15 is 0 Å². The maximum Gasteiger partial charge on any atom is 0.270 e. The van der Waals surface area contributed by atoms with Crippen molar-refractivity contribution in [2.24, 2.45) is 11.7 Å². The first-order chi connectivity index (χ1) is 10.1. The van der Waals surface area contributed by atoms with Gasteiger partial charge in [0, 0.05) is 23.5 Å². The van der Waals surface area contributed by atoms with Crippen LogP contribution in [0.4, 0.5) is 0 Å². The third-order valence-corrected chi connectivity index (χ3v) is 4.71. The summed E-state index contributed by atoms with van der Waals surface area (Å²) < 4.78 is 0. The average Bonchev–Trinajstić information content (AvgIpc) is 3.23. The van der Waals surface area contributed by atoms with E-state index in [0.29, 0.717) is 18.2 Å². The van der Waals surface area contributed by atoms with Gasteiger partial charge in [0.1, 0.15) is 10.7 Å². The summed E-state index contributed by atoms with van der Waals surface area (Å²) in [5.41, 5.74) is 8.70. The quantitative estimate of drug-likeness (QED) is 0.881. The van der Waals surface area contributed by atoms with Crippen molar-refractivity contribution in [2.45, 2.75) is 25.8 Å². The van der Waals surface area contributed by atoms with Crippen LogP contribution in [-0.4, -0.2) is 23.5 Å². The van der Waals surface area contributed by atoms with Crippen LogP contribution in [0.15, 0.2) is 29.6 Å². The summed E-state index contributed by atoms with van der Waals surface area (Å²) in [6.07, 6.45) is 2.37. The second-order valence-electron chi connectivity index (χ2n) is 5.56. The van der Waals surface area contributed by atoms with E-state index in [4.69, 9.17) is 5.73 Å². The molecule has 0 saturated heterocycles. The minimum absolute atomic E-state index is 0. The lowest BCUT2D eigenvalue weighted by atomic mass is 10.1. The van der Waals surface area contributed by atoms with Crippen molar-refractivity contribution in [1.29, 1.82) is 0 Å². The summed E-state index contributed by atoms with van der Waals surface area (Å²) in [6.45, 7) is 2.58. The average molecular weight is 338 g/mol. The number of carbonyl (C=O) groups is 1. The third-order valence-electron chi connectivity index (χ3n) is 3.84. The Kier molecular flexibility index (Phi) is 5.56. The number of nitrogens with zero attached hydrogens (tertiary/aromatic N) is 1. The Labute approximate surface area is 140 Å². The molecule has 2 aromatic rings. The number of aryl methyl sites for hydroxylation is 1. The molecule has 1 aromatic carbocycles. The molecule has 1 atom stereocenters. The Balaban J connectivity index is 0.00000176. The van der Waals surface area contributed by atoms with Crippen molar-refractivity contribution in [3.63, 3.8) is 0 Å². The van der Waals surface area contributed by atoms with Crippen LogP contribution in [0, 0.1) is 12.8 Å². The zero-order valence-corrected chi connectivity index (χ0v) is 14.0. The fraction of sp³-hybridized carbons (Fsp3) is 0.375. The molecule has 0 bridgehead atoms. The maximum absolute atomic E-state index is 12.1. The van der Waals surface area contributed by atoms with E-state index in [1.54, 1.807) is 5.38 Å². The van der Waals surface area contributed by atoms with Crippen molar-refractivity contribution < 1.29 is 4.79 Å². The zero-order chi connectivity index (χ0) is 14.8. The molecule has 1 aliphatic rings. The highest BCUT2D eigenvalue weighted by Gasteiger charge is 2.28. The van der Waals surface area contributed by atoms with Crippen molar-refractivity contribution in [3.05, 3.63) is 40.9 Å². The van der Waals surface area contributed by atoms with Crippen LogP contribution in [0.1, 0.15) is 28.9 Å². The molecule has 0 aliphatic heterocycles. The topological polar surface area (TPSA) is 68.0 Å². The highest BCUT2D eigenvalue weighted by atomic mass is 35.5. The second-order valence-corrected chi connectivity index (χ2v) is 6.42. The molecule has 22 heavy (non-hydrogen) atoms. The molecule has 3 rings (SSSR count). The fourth-order valence-corrected chi connectivity index (χ4v) is 3.20. The van der Waals surface area contributed by atoms with Gasteiger partial charge in [-0.3, -0.25) is 4.79 Å². The number of halogens is 1. The molecule has 1 amide bonds. The minimum atomic E-state index is -0.137. The van der Waals surface area contributed by atoms with E-state index in [0.717, 1.165) is 16.1 Å². The van der Waals surface area contributed by atoms with Gasteiger partial charge in [-0.2, -0.15) is 0 Å². The second kappa shape index (κ2) is 7.22. The first kappa shape index (κ1) is 16.9. The number of thiazole rings is 1. The van der Waals surface area contributed by atoms with Crippen LogP contribution >= 0.6 is 23.7 Å². The molecule has 0 radical (unpaired) electrons. The van der Waals surface area contributed by atoms with Gasteiger partial charge in [-0.05, 0) is 31.2 Å². The molecule has 1 saturated carbocycles. The van der Waals surface area contributed by atoms with Gasteiger partial charge in [0.25, 0.3) is 5.91 Å². The lowest BCUT2D eigenvalue weighted by Gasteiger charge is -2.10. The van der Waals surface area contributed by atoms with Crippen LogP contribution in [0.3, 0.4) is 0 Å². The molecule has 1 aromatic heterocycles. The Morgan fingerprint density at radius 3 is 2.86 bits per heavy atom. The smallest absolute Gasteiger partial charge is 0.270 e. The molecule has 0 spiro atoms. The van der Waals surface area contributed by atoms with Crippen LogP contribution in [0.2, 0.25) is 0 Å². The number of hydrogen-bond donors (Lipinski definition) is 2. The monoisotopic (exact) mass is 337 g/mol. The van der Waals surface area contributed by atoms with E-state index in [1.807, 2.05) is 31.2 Å². The molecule has 1 aliphatic carbocycles. The summed E-state index contributed by atoms with van der Waals surface area (Å²) in [7, 11) is 0. The van der Waals surface area contributed by atoms with Crippen molar-refractivity contribution >= 4 is 29.7 Å². The van der Waals surface area contributed by atoms with E-state index in [1.165, 1.54) is 24.2 Å². The predicted octanol–water partition coefficient (Wildman–Crippen LogP) is 3.01. The zero-order valence-electron chi connectivity index (χ0n) is 12.4. The summed E-state index contributed by atoms with van der Waals surface area (Å²) >= 11 is 1.49. The van der Waals surface area contributed by atoms with Gasteiger partial charge in [0.05, 0.1) is 0 Å². The predicted molar refractivity (Wildman–Crippen MR) is 92.6 cm³/mol. The van der Waals surface area contributed by atoms with Crippen molar-refractivity contribution in [1.82, 2.24) is 10.3 Å². The molecule has 4 nitrogen and oxygen atoms in total. The number of nitrogens with two attached hydrogens (primary N) is 1. The molecular weight excluding hydrogens is 318 g/mol. The molecule has 1 heterocycles. The SMILES string of the molecule is Cc1ccccc1-c1nc(C(=O)NCC(N)C2CC2)cs1.Cl. The first-order valence-electron chi connectivity index (χ1n) is 7.20. The summed E-state index contributed by atoms with van der Waals surface area (Å²) in [5, 5.41) is 5.56. The van der Waals surface area contributed by atoms with E-state index in [-0.39, 0.29) is 24.4 Å². The van der Waals surface area contributed by atoms with E-state index < -0.39 is 0 Å². The molecule has 1 unspecified atom stereocenters. The number of aromatic nitrogens is 1. The molecule has 3 N–H and O–H groups in total. The number of rotatable bonds is 5. The Morgan fingerprint density at radius 1 is 1.45 bits per heavy atom. The Morgan fingerprint density at radius 2 is 2.18 bits per heavy atom. The number of carbonyl (C=O) groups excluding carboxylic acids is 1. The van der Waals surface area contributed by atoms with E-state index in [9.17, 15) is 4.79 Å². The normalized spacial score (nSPS) is 15.0. The van der Waals surface area contributed by atoms with Crippen LogP contribution in [0.5, 0.6) is 0 Å². The van der Waals surface area contributed by atoms with Crippen LogP contribution < -0.4 is 11.1 Å². The Bertz CT molecular complexity index is 654. The first-order valence-corrected chi connectivity index (χ1v) is 8.08. The number of benzene rings is 1. The summed E-state index contributed by atoms with van der Waals surface area (Å²) in [6, 6.07) is 8.13. The van der Waals surface area contributed by atoms with E-state index in [2.05, 4.69) is 10.3 Å². The van der Waals surface area contributed by atoms with Crippen molar-refractivity contribution in [2.75, 3.05) is 6.54 Å². The lowest BCUT2D eigenvalue weighted by Crippen LogP contribution is -2.38. The largest absolute Gasteiger partial charge is 0.349 e. The highest BCUT2D eigenvalue weighted by molar-refractivity contribution is 7.13.